The number of hydrogen-bond acceptors (Lipinski definition) is 7. The highest BCUT2D eigenvalue weighted by Crippen LogP contribution is 2.26. The standard InChI is InChI=1S/C23H21BrClN7O2/c1-2-34-17-6-4-16(5-7-17)32-22-20(28-29-32)21(26-14-27-22)30-9-11-31(12-10-30)23(33)18-13-15(24)3-8-19(18)25/h3-8,13-14H,2,9-12H2,1H3. The lowest BCUT2D eigenvalue weighted by Gasteiger charge is -2.35. The zero-order valence-corrected chi connectivity index (χ0v) is 20.7. The molecule has 2 aromatic carbocycles. The summed E-state index contributed by atoms with van der Waals surface area (Å²) in [6.07, 6.45) is 1.52. The van der Waals surface area contributed by atoms with Crippen LogP contribution in [0.4, 0.5) is 5.82 Å². The number of aromatic nitrogens is 5. The quantitative estimate of drug-likeness (QED) is 0.377. The van der Waals surface area contributed by atoms with Crippen LogP contribution in [0.2, 0.25) is 5.02 Å². The second-order valence-corrected chi connectivity index (χ2v) is 9.02. The molecule has 0 atom stereocenters. The van der Waals surface area contributed by atoms with Crippen molar-refractivity contribution in [2.45, 2.75) is 6.92 Å². The second-order valence-electron chi connectivity index (χ2n) is 7.70. The van der Waals surface area contributed by atoms with Crippen LogP contribution in [0.3, 0.4) is 0 Å². The third-order valence-corrected chi connectivity index (χ3v) is 6.46. The van der Waals surface area contributed by atoms with Gasteiger partial charge in [0.2, 0.25) is 0 Å². The number of hydrogen-bond donors (Lipinski definition) is 0. The Morgan fingerprint density at radius 3 is 2.59 bits per heavy atom. The van der Waals surface area contributed by atoms with Crippen molar-refractivity contribution in [1.29, 1.82) is 0 Å². The van der Waals surface area contributed by atoms with E-state index in [0.29, 0.717) is 60.4 Å². The molecule has 1 amide bonds. The summed E-state index contributed by atoms with van der Waals surface area (Å²) >= 11 is 9.67. The van der Waals surface area contributed by atoms with Gasteiger partial charge in [-0.25, -0.2) is 9.97 Å². The molecule has 5 rings (SSSR count). The van der Waals surface area contributed by atoms with E-state index in [1.165, 1.54) is 6.33 Å². The van der Waals surface area contributed by atoms with Gasteiger partial charge in [0.1, 0.15) is 12.1 Å². The predicted octanol–water partition coefficient (Wildman–Crippen LogP) is 3.99. The maximum Gasteiger partial charge on any atom is 0.255 e. The van der Waals surface area contributed by atoms with Crippen LogP contribution < -0.4 is 9.64 Å². The molecular weight excluding hydrogens is 522 g/mol. The lowest BCUT2D eigenvalue weighted by molar-refractivity contribution is 0.0746. The van der Waals surface area contributed by atoms with Crippen LogP contribution in [0, 0.1) is 0 Å². The topological polar surface area (TPSA) is 89.3 Å². The molecule has 34 heavy (non-hydrogen) atoms. The van der Waals surface area contributed by atoms with E-state index in [1.807, 2.05) is 37.3 Å². The SMILES string of the molecule is CCOc1ccc(-n2nnc3c(N4CCN(C(=O)c5cc(Br)ccc5Cl)CC4)ncnc32)cc1. The molecule has 0 radical (unpaired) electrons. The molecule has 11 heteroatoms. The summed E-state index contributed by atoms with van der Waals surface area (Å²) in [5.41, 5.74) is 2.56. The molecule has 0 saturated carbocycles. The van der Waals surface area contributed by atoms with Crippen molar-refractivity contribution in [2.24, 2.45) is 0 Å². The maximum absolute atomic E-state index is 13.0. The largest absolute Gasteiger partial charge is 0.494 e. The van der Waals surface area contributed by atoms with Crippen LogP contribution >= 0.6 is 27.5 Å². The summed E-state index contributed by atoms with van der Waals surface area (Å²) in [6.45, 7) is 4.86. The number of ether oxygens (including phenoxy) is 1. The summed E-state index contributed by atoms with van der Waals surface area (Å²) < 4.78 is 8.02. The predicted molar refractivity (Wildman–Crippen MR) is 133 cm³/mol. The van der Waals surface area contributed by atoms with Crippen LogP contribution in [0.5, 0.6) is 5.75 Å². The van der Waals surface area contributed by atoms with Crippen LogP contribution in [0.15, 0.2) is 53.3 Å². The van der Waals surface area contributed by atoms with Crippen molar-refractivity contribution in [3.05, 3.63) is 63.9 Å². The first-order chi connectivity index (χ1) is 16.5. The monoisotopic (exact) mass is 541 g/mol. The minimum atomic E-state index is -0.0831. The number of halogens is 2. The van der Waals surface area contributed by atoms with E-state index in [9.17, 15) is 4.79 Å². The molecule has 0 aliphatic carbocycles. The first kappa shape index (κ1) is 22.5. The van der Waals surface area contributed by atoms with Gasteiger partial charge >= 0.3 is 0 Å². The number of nitrogens with zero attached hydrogens (tertiary/aromatic N) is 7. The van der Waals surface area contributed by atoms with Crippen molar-refractivity contribution in [3.8, 4) is 11.4 Å². The zero-order chi connectivity index (χ0) is 23.7. The molecule has 0 N–H and O–H groups in total. The van der Waals surface area contributed by atoms with E-state index < -0.39 is 0 Å². The fourth-order valence-corrected chi connectivity index (χ4v) is 4.50. The van der Waals surface area contributed by atoms with Crippen molar-refractivity contribution in [3.63, 3.8) is 0 Å². The Labute approximate surface area is 209 Å². The Morgan fingerprint density at radius 2 is 1.85 bits per heavy atom. The van der Waals surface area contributed by atoms with Crippen molar-refractivity contribution in [1.82, 2.24) is 29.9 Å². The lowest BCUT2D eigenvalue weighted by atomic mass is 10.2. The average molecular weight is 543 g/mol. The molecule has 1 aliphatic rings. The Kier molecular flexibility index (Phi) is 6.34. The molecule has 0 spiro atoms. The zero-order valence-electron chi connectivity index (χ0n) is 18.4. The van der Waals surface area contributed by atoms with E-state index in [2.05, 4.69) is 41.1 Å². The van der Waals surface area contributed by atoms with E-state index in [4.69, 9.17) is 16.3 Å². The van der Waals surface area contributed by atoms with Crippen molar-refractivity contribution in [2.75, 3.05) is 37.7 Å². The van der Waals surface area contributed by atoms with Crippen LogP contribution in [0.1, 0.15) is 17.3 Å². The molecule has 9 nitrogen and oxygen atoms in total. The molecule has 1 fully saturated rings. The number of benzene rings is 2. The van der Waals surface area contributed by atoms with Gasteiger partial charge < -0.3 is 14.5 Å². The van der Waals surface area contributed by atoms with Crippen LogP contribution in [-0.2, 0) is 0 Å². The molecule has 2 aromatic heterocycles. The van der Waals surface area contributed by atoms with Gasteiger partial charge in [0, 0.05) is 30.7 Å². The maximum atomic E-state index is 13.0. The third-order valence-electron chi connectivity index (χ3n) is 5.64. The van der Waals surface area contributed by atoms with E-state index >= 15 is 0 Å². The van der Waals surface area contributed by atoms with Gasteiger partial charge in [-0.3, -0.25) is 4.79 Å². The Balaban J connectivity index is 1.35. The first-order valence-corrected chi connectivity index (χ1v) is 12.0. The Hall–Kier alpha value is -3.24. The summed E-state index contributed by atoms with van der Waals surface area (Å²) in [7, 11) is 0. The minimum absolute atomic E-state index is 0.0831. The molecule has 174 valence electrons. The van der Waals surface area contributed by atoms with Gasteiger partial charge in [0.15, 0.2) is 17.0 Å². The number of rotatable bonds is 5. The van der Waals surface area contributed by atoms with Gasteiger partial charge in [0.05, 0.1) is 22.9 Å². The van der Waals surface area contributed by atoms with Gasteiger partial charge in [-0.05, 0) is 49.4 Å². The van der Waals surface area contributed by atoms with Gasteiger partial charge in [-0.2, -0.15) is 4.68 Å². The average Bonchev–Trinajstić information content (AvgIpc) is 3.30. The van der Waals surface area contributed by atoms with E-state index in [1.54, 1.807) is 21.7 Å². The number of piperazine rings is 1. The fourth-order valence-electron chi connectivity index (χ4n) is 3.95. The summed E-state index contributed by atoms with van der Waals surface area (Å²) in [4.78, 5) is 25.8. The molecule has 1 aliphatic heterocycles. The number of carbonyl (C=O) groups excluding carboxylic acids is 1. The highest BCUT2D eigenvalue weighted by molar-refractivity contribution is 9.10. The van der Waals surface area contributed by atoms with Gasteiger partial charge in [-0.15, -0.1) is 5.10 Å². The molecular formula is C23H21BrClN7O2. The number of anilines is 1. The third kappa shape index (κ3) is 4.30. The highest BCUT2D eigenvalue weighted by Gasteiger charge is 2.26. The summed E-state index contributed by atoms with van der Waals surface area (Å²) in [6, 6.07) is 12.9. The number of fused-ring (bicyclic) bond motifs is 1. The Morgan fingerprint density at radius 1 is 1.09 bits per heavy atom. The molecule has 0 unspecified atom stereocenters. The summed E-state index contributed by atoms with van der Waals surface area (Å²) in [5.74, 6) is 1.41. The van der Waals surface area contributed by atoms with Crippen molar-refractivity contribution >= 4 is 50.4 Å². The van der Waals surface area contributed by atoms with Gasteiger partial charge in [0.25, 0.3) is 5.91 Å². The smallest absolute Gasteiger partial charge is 0.255 e. The Bertz CT molecular complexity index is 1340. The van der Waals surface area contributed by atoms with Crippen LogP contribution in [0.25, 0.3) is 16.9 Å². The minimum Gasteiger partial charge on any atom is -0.494 e. The second kappa shape index (κ2) is 9.55. The van der Waals surface area contributed by atoms with Crippen LogP contribution in [-0.4, -0.2) is 68.6 Å². The van der Waals surface area contributed by atoms with Crippen molar-refractivity contribution < 1.29 is 9.53 Å². The summed E-state index contributed by atoms with van der Waals surface area (Å²) in [5, 5.41) is 9.12. The van der Waals surface area contributed by atoms with E-state index in [0.717, 1.165) is 15.9 Å². The molecule has 0 bridgehead atoms. The molecule has 4 aromatic rings. The fraction of sp³-hybridized carbons (Fsp3) is 0.261. The molecule has 3 heterocycles. The first-order valence-electron chi connectivity index (χ1n) is 10.8. The molecule has 1 saturated heterocycles. The van der Waals surface area contributed by atoms with Gasteiger partial charge in [-0.1, -0.05) is 32.7 Å². The lowest BCUT2D eigenvalue weighted by Crippen LogP contribution is -2.49. The number of carbonyl (C=O) groups is 1. The normalized spacial score (nSPS) is 14.0. The number of amides is 1. The highest BCUT2D eigenvalue weighted by atomic mass is 79.9. The van der Waals surface area contributed by atoms with E-state index in [-0.39, 0.29) is 5.91 Å².